The Morgan fingerprint density at radius 2 is 2.11 bits per heavy atom. The molecule has 5 nitrogen and oxygen atoms in total. The summed E-state index contributed by atoms with van der Waals surface area (Å²) in [4.78, 5) is 10.6. The Bertz CT molecular complexity index is 434. The zero-order valence-corrected chi connectivity index (χ0v) is 11.7. The van der Waals surface area contributed by atoms with Gasteiger partial charge in [0, 0.05) is 6.07 Å². The Balaban J connectivity index is 0.00000180. The molecule has 0 aromatic heterocycles. The van der Waals surface area contributed by atoms with E-state index in [2.05, 4.69) is 5.32 Å². The normalized spacial score (nSPS) is 15.6. The molecule has 0 radical (unpaired) electrons. The summed E-state index contributed by atoms with van der Waals surface area (Å²) >= 11 is 0. The topological polar surface area (TPSA) is 64.4 Å². The van der Waals surface area contributed by atoms with E-state index in [9.17, 15) is 10.1 Å². The first-order valence-corrected chi connectivity index (χ1v) is 6.25. The number of halogens is 1. The third-order valence-electron chi connectivity index (χ3n) is 3.24. The third kappa shape index (κ3) is 4.36. The molecule has 1 saturated heterocycles. The molecule has 1 heterocycles. The highest BCUT2D eigenvalue weighted by atomic mass is 35.5. The van der Waals surface area contributed by atoms with Crippen molar-refractivity contribution in [1.82, 2.24) is 5.32 Å². The smallest absolute Gasteiger partial charge is 0.311 e. The molecule has 0 spiro atoms. The van der Waals surface area contributed by atoms with E-state index in [-0.39, 0.29) is 23.0 Å². The maximum atomic E-state index is 10.9. The molecule has 1 aromatic rings. The van der Waals surface area contributed by atoms with Gasteiger partial charge in [-0.3, -0.25) is 10.1 Å². The highest BCUT2D eigenvalue weighted by molar-refractivity contribution is 5.85. The van der Waals surface area contributed by atoms with Crippen molar-refractivity contribution >= 4 is 18.1 Å². The predicted octanol–water partition coefficient (Wildman–Crippen LogP) is 2.70. The lowest BCUT2D eigenvalue weighted by Crippen LogP contribution is -2.30. The van der Waals surface area contributed by atoms with Gasteiger partial charge in [-0.05, 0) is 50.4 Å². The Morgan fingerprint density at radius 3 is 2.74 bits per heavy atom. The van der Waals surface area contributed by atoms with E-state index < -0.39 is 0 Å². The minimum Gasteiger partial charge on any atom is -0.487 e. The Morgan fingerprint density at radius 1 is 1.42 bits per heavy atom. The van der Waals surface area contributed by atoms with E-state index >= 15 is 0 Å². The van der Waals surface area contributed by atoms with Gasteiger partial charge in [0.1, 0.15) is 0 Å². The molecule has 0 aliphatic carbocycles. The fourth-order valence-electron chi connectivity index (χ4n) is 2.15. The standard InChI is InChI=1S/C13H18N2O3.ClH/c1-10-2-3-13(12(8-10)15(16)17)18-9-11-4-6-14-7-5-11;/h2-3,8,11,14H,4-7,9H2,1H3;1H. The number of ether oxygens (including phenoxy) is 1. The zero-order chi connectivity index (χ0) is 13.0. The van der Waals surface area contributed by atoms with Gasteiger partial charge in [-0.25, -0.2) is 0 Å². The largest absolute Gasteiger partial charge is 0.487 e. The van der Waals surface area contributed by atoms with Gasteiger partial charge < -0.3 is 10.1 Å². The molecule has 0 saturated carbocycles. The maximum absolute atomic E-state index is 10.9. The van der Waals surface area contributed by atoms with E-state index in [0.717, 1.165) is 31.5 Å². The number of hydrogen-bond donors (Lipinski definition) is 1. The van der Waals surface area contributed by atoms with Gasteiger partial charge in [0.25, 0.3) is 0 Å². The second kappa shape index (κ2) is 7.31. The van der Waals surface area contributed by atoms with E-state index in [4.69, 9.17) is 4.74 Å². The summed E-state index contributed by atoms with van der Waals surface area (Å²) in [6.45, 7) is 4.41. The minimum absolute atomic E-state index is 0. The van der Waals surface area contributed by atoms with Crippen LogP contribution in [0.3, 0.4) is 0 Å². The molecular weight excluding hydrogens is 268 g/mol. The van der Waals surface area contributed by atoms with Gasteiger partial charge in [-0.2, -0.15) is 0 Å². The SMILES string of the molecule is Cc1ccc(OCC2CCNCC2)c([N+](=O)[O-])c1.Cl. The number of nitro groups is 1. The molecule has 2 rings (SSSR count). The number of rotatable bonds is 4. The lowest BCUT2D eigenvalue weighted by atomic mass is 9.99. The van der Waals surface area contributed by atoms with Gasteiger partial charge in [0.15, 0.2) is 5.75 Å². The van der Waals surface area contributed by atoms with Crippen molar-refractivity contribution in [2.24, 2.45) is 5.92 Å². The molecule has 1 aliphatic heterocycles. The van der Waals surface area contributed by atoms with E-state index in [0.29, 0.717) is 18.3 Å². The summed E-state index contributed by atoms with van der Waals surface area (Å²) in [5.41, 5.74) is 0.930. The Labute approximate surface area is 118 Å². The molecule has 1 aromatic carbocycles. The monoisotopic (exact) mass is 286 g/mol. The van der Waals surface area contributed by atoms with Gasteiger partial charge in [0.2, 0.25) is 0 Å². The summed E-state index contributed by atoms with van der Waals surface area (Å²) in [5.74, 6) is 0.872. The van der Waals surface area contributed by atoms with Crippen molar-refractivity contribution in [2.45, 2.75) is 19.8 Å². The molecule has 106 valence electrons. The summed E-state index contributed by atoms with van der Waals surface area (Å²) < 4.78 is 5.62. The highest BCUT2D eigenvalue weighted by Gasteiger charge is 2.18. The summed E-state index contributed by atoms with van der Waals surface area (Å²) in [5, 5.41) is 14.2. The maximum Gasteiger partial charge on any atom is 0.311 e. The van der Waals surface area contributed by atoms with Crippen LogP contribution < -0.4 is 10.1 Å². The summed E-state index contributed by atoms with van der Waals surface area (Å²) in [7, 11) is 0. The molecule has 19 heavy (non-hydrogen) atoms. The van der Waals surface area contributed by atoms with Crippen LogP contribution in [0.2, 0.25) is 0 Å². The van der Waals surface area contributed by atoms with Crippen LogP contribution in [-0.2, 0) is 0 Å². The van der Waals surface area contributed by atoms with Crippen LogP contribution in [0.4, 0.5) is 5.69 Å². The minimum atomic E-state index is -0.384. The summed E-state index contributed by atoms with van der Waals surface area (Å²) in [6.07, 6.45) is 2.14. The van der Waals surface area contributed by atoms with Gasteiger partial charge in [-0.15, -0.1) is 12.4 Å². The van der Waals surface area contributed by atoms with Crippen LogP contribution in [0.1, 0.15) is 18.4 Å². The highest BCUT2D eigenvalue weighted by Crippen LogP contribution is 2.28. The van der Waals surface area contributed by atoms with Crippen molar-refractivity contribution in [3.05, 3.63) is 33.9 Å². The third-order valence-corrected chi connectivity index (χ3v) is 3.24. The van der Waals surface area contributed by atoms with Crippen LogP contribution in [0.5, 0.6) is 5.75 Å². The fourth-order valence-corrected chi connectivity index (χ4v) is 2.15. The van der Waals surface area contributed by atoms with Crippen LogP contribution >= 0.6 is 12.4 Å². The quantitative estimate of drug-likeness (QED) is 0.683. The average Bonchev–Trinajstić information content (AvgIpc) is 2.38. The lowest BCUT2D eigenvalue weighted by molar-refractivity contribution is -0.386. The van der Waals surface area contributed by atoms with Crippen molar-refractivity contribution in [2.75, 3.05) is 19.7 Å². The number of aryl methyl sites for hydroxylation is 1. The van der Waals surface area contributed by atoms with Gasteiger partial charge in [0.05, 0.1) is 11.5 Å². The molecule has 0 atom stereocenters. The van der Waals surface area contributed by atoms with Crippen molar-refractivity contribution in [1.29, 1.82) is 0 Å². The second-order valence-electron chi connectivity index (χ2n) is 4.73. The number of benzene rings is 1. The van der Waals surface area contributed by atoms with Gasteiger partial charge >= 0.3 is 5.69 Å². The molecule has 0 bridgehead atoms. The predicted molar refractivity (Wildman–Crippen MR) is 76.2 cm³/mol. The summed E-state index contributed by atoms with van der Waals surface area (Å²) in [6, 6.07) is 5.08. The number of nitrogens with one attached hydrogen (secondary N) is 1. The van der Waals surface area contributed by atoms with Crippen LogP contribution in [-0.4, -0.2) is 24.6 Å². The van der Waals surface area contributed by atoms with Crippen LogP contribution in [0.15, 0.2) is 18.2 Å². The average molecular weight is 287 g/mol. The first-order valence-electron chi connectivity index (χ1n) is 6.25. The van der Waals surface area contributed by atoms with Crippen LogP contribution in [0.25, 0.3) is 0 Å². The number of hydrogen-bond acceptors (Lipinski definition) is 4. The van der Waals surface area contributed by atoms with Crippen molar-refractivity contribution < 1.29 is 9.66 Å². The second-order valence-corrected chi connectivity index (χ2v) is 4.73. The van der Waals surface area contributed by atoms with Gasteiger partial charge in [-0.1, -0.05) is 6.07 Å². The molecule has 0 unspecified atom stereocenters. The number of piperidine rings is 1. The van der Waals surface area contributed by atoms with Crippen molar-refractivity contribution in [3.63, 3.8) is 0 Å². The van der Waals surface area contributed by atoms with E-state index in [1.165, 1.54) is 0 Å². The molecule has 1 aliphatic rings. The fraction of sp³-hybridized carbons (Fsp3) is 0.538. The van der Waals surface area contributed by atoms with Crippen molar-refractivity contribution in [3.8, 4) is 5.75 Å². The zero-order valence-electron chi connectivity index (χ0n) is 10.9. The van der Waals surface area contributed by atoms with Crippen LogP contribution in [0, 0.1) is 23.0 Å². The molecule has 1 fully saturated rings. The lowest BCUT2D eigenvalue weighted by Gasteiger charge is -2.22. The molecular formula is C13H19ClN2O3. The first-order chi connectivity index (χ1) is 8.66. The number of nitrogens with zero attached hydrogens (tertiary/aromatic N) is 1. The molecule has 0 amide bonds. The molecule has 1 N–H and O–H groups in total. The Hall–Kier alpha value is -1.33. The van der Waals surface area contributed by atoms with E-state index in [1.54, 1.807) is 12.1 Å². The number of nitro benzene ring substituents is 1. The first kappa shape index (κ1) is 15.7. The Kier molecular flexibility index (Phi) is 6.05. The molecule has 6 heteroatoms. The van der Waals surface area contributed by atoms with E-state index in [1.807, 2.05) is 13.0 Å².